The van der Waals surface area contributed by atoms with E-state index in [0.29, 0.717) is 5.56 Å². The molecule has 0 saturated carbocycles. The molecule has 2 fully saturated rings. The van der Waals surface area contributed by atoms with Crippen LogP contribution in [0.1, 0.15) is 18.2 Å². The molecule has 0 aromatic carbocycles. The maximum Gasteiger partial charge on any atom is 0.262 e. The van der Waals surface area contributed by atoms with Gasteiger partial charge in [-0.25, -0.2) is 9.28 Å². The topological polar surface area (TPSA) is 247 Å². The Morgan fingerprint density at radius 2 is 1.98 bits per heavy atom. The Balaban J connectivity index is 1.37. The number of H-pyrrole nitrogens is 1. The lowest BCUT2D eigenvalue weighted by Gasteiger charge is -2.39. The SMILES string of the molecule is Nc1nc2c(c(CNC3C=CC(O)C3OC3OC(CO)CC(OO)C3O)cn2[C@@H]2O[C@H](CO)C(O)[C@@H]2F)c(=O)[nH]1. The molecule has 16 nitrogen and oxygen atoms in total. The summed E-state index contributed by atoms with van der Waals surface area (Å²) >= 11 is 0. The molecule has 8 unspecified atom stereocenters. The van der Waals surface area contributed by atoms with Gasteiger partial charge in [-0.05, 0) is 5.56 Å². The second-order valence-electron chi connectivity index (χ2n) is 9.96. The van der Waals surface area contributed by atoms with Gasteiger partial charge >= 0.3 is 0 Å². The number of hydrogen-bond acceptors (Lipinski definition) is 14. The number of halogens is 1. The summed E-state index contributed by atoms with van der Waals surface area (Å²) in [6.45, 7) is -1.06. The van der Waals surface area contributed by atoms with Crippen molar-refractivity contribution in [3.63, 3.8) is 0 Å². The molecule has 5 rings (SSSR count). The van der Waals surface area contributed by atoms with Crippen molar-refractivity contribution in [3.05, 3.63) is 34.3 Å². The lowest BCUT2D eigenvalue weighted by molar-refractivity contribution is -0.359. The summed E-state index contributed by atoms with van der Waals surface area (Å²) in [7, 11) is 0. The van der Waals surface area contributed by atoms with Crippen LogP contribution in [0.4, 0.5) is 10.3 Å². The van der Waals surface area contributed by atoms with Gasteiger partial charge in [0.05, 0.1) is 30.7 Å². The summed E-state index contributed by atoms with van der Waals surface area (Å²) in [6, 6.07) is -0.676. The molecule has 2 aromatic rings. The van der Waals surface area contributed by atoms with E-state index < -0.39 is 86.2 Å². The zero-order valence-electron chi connectivity index (χ0n) is 21.0. The average Bonchev–Trinajstić information content (AvgIpc) is 3.57. The van der Waals surface area contributed by atoms with Crippen LogP contribution in [0.3, 0.4) is 0 Å². The largest absolute Gasteiger partial charge is 0.394 e. The Morgan fingerprint density at radius 3 is 2.65 bits per heavy atom. The van der Waals surface area contributed by atoms with Crippen LogP contribution in [0.5, 0.6) is 0 Å². The number of nitrogens with one attached hydrogen (secondary N) is 2. The van der Waals surface area contributed by atoms with Crippen LogP contribution < -0.4 is 16.6 Å². The Hall–Kier alpha value is -2.55. The molecular formula is C23H32FN5O11. The smallest absolute Gasteiger partial charge is 0.262 e. The first kappa shape index (κ1) is 29.0. The normalized spacial score (nSPS) is 38.0. The second kappa shape index (κ2) is 11.7. The summed E-state index contributed by atoms with van der Waals surface area (Å²) in [5.41, 5.74) is 5.45. The monoisotopic (exact) mass is 573 g/mol. The van der Waals surface area contributed by atoms with E-state index in [0.717, 1.165) is 0 Å². The van der Waals surface area contributed by atoms with E-state index in [-0.39, 0.29) is 29.9 Å². The highest BCUT2D eigenvalue weighted by Gasteiger charge is 2.46. The average molecular weight is 574 g/mol. The van der Waals surface area contributed by atoms with Gasteiger partial charge in [0.2, 0.25) is 5.95 Å². The Labute approximate surface area is 225 Å². The zero-order valence-corrected chi connectivity index (χ0v) is 21.0. The second-order valence-corrected chi connectivity index (χ2v) is 9.96. The van der Waals surface area contributed by atoms with Gasteiger partial charge in [0.25, 0.3) is 5.56 Å². The summed E-state index contributed by atoms with van der Waals surface area (Å²) in [5.74, 6) is -0.225. The van der Waals surface area contributed by atoms with E-state index in [9.17, 15) is 34.7 Å². The molecule has 17 heteroatoms. The van der Waals surface area contributed by atoms with Crippen LogP contribution in [-0.4, -0.2) is 120 Å². The molecule has 1 aliphatic carbocycles. The number of nitrogen functional groups attached to an aromatic ring is 1. The van der Waals surface area contributed by atoms with Crippen molar-refractivity contribution in [1.29, 1.82) is 0 Å². The number of alkyl halides is 1. The van der Waals surface area contributed by atoms with Crippen molar-refractivity contribution in [2.45, 2.75) is 80.4 Å². The van der Waals surface area contributed by atoms with Crippen molar-refractivity contribution in [3.8, 4) is 0 Å². The van der Waals surface area contributed by atoms with Gasteiger partial charge < -0.3 is 55.4 Å². The minimum absolute atomic E-state index is 0.00453. The molecule has 0 bridgehead atoms. The Kier molecular flexibility index (Phi) is 8.50. The molecule has 2 aromatic heterocycles. The van der Waals surface area contributed by atoms with Gasteiger partial charge in [-0.3, -0.25) is 15.0 Å². The maximum absolute atomic E-state index is 14.9. The molecular weight excluding hydrogens is 541 g/mol. The van der Waals surface area contributed by atoms with Crippen molar-refractivity contribution >= 4 is 17.0 Å². The first-order chi connectivity index (χ1) is 19.2. The van der Waals surface area contributed by atoms with Crippen LogP contribution in [-0.2, 0) is 25.6 Å². The highest BCUT2D eigenvalue weighted by molar-refractivity contribution is 5.80. The zero-order chi connectivity index (χ0) is 28.7. The first-order valence-corrected chi connectivity index (χ1v) is 12.6. The number of anilines is 1. The number of ether oxygens (including phenoxy) is 3. The highest BCUT2D eigenvalue weighted by atomic mass is 19.1. The van der Waals surface area contributed by atoms with Crippen LogP contribution >= 0.6 is 0 Å². The lowest BCUT2D eigenvalue weighted by atomic mass is 10.0. The molecule has 222 valence electrons. The third-order valence-corrected chi connectivity index (χ3v) is 7.37. The lowest BCUT2D eigenvalue weighted by Crippen LogP contribution is -2.54. The minimum atomic E-state index is -1.93. The Morgan fingerprint density at radius 1 is 1.20 bits per heavy atom. The maximum atomic E-state index is 14.9. The van der Waals surface area contributed by atoms with Gasteiger partial charge in [-0.15, -0.1) is 0 Å². The summed E-state index contributed by atoms with van der Waals surface area (Å²) in [6.07, 6.45) is -8.40. The van der Waals surface area contributed by atoms with Crippen molar-refractivity contribution in [2.24, 2.45) is 0 Å². The molecule has 0 spiro atoms. The third kappa shape index (κ3) is 5.26. The van der Waals surface area contributed by atoms with E-state index in [2.05, 4.69) is 20.2 Å². The van der Waals surface area contributed by atoms with Crippen molar-refractivity contribution < 1.29 is 54.3 Å². The number of fused-ring (bicyclic) bond motifs is 1. The molecule has 40 heavy (non-hydrogen) atoms. The quantitative estimate of drug-likeness (QED) is 0.0824. The van der Waals surface area contributed by atoms with E-state index in [1.807, 2.05) is 0 Å². The number of hydrogen-bond donors (Lipinski definition) is 9. The fourth-order valence-corrected chi connectivity index (χ4v) is 5.29. The number of rotatable bonds is 9. The van der Waals surface area contributed by atoms with Crippen LogP contribution in [0.25, 0.3) is 11.0 Å². The summed E-state index contributed by atoms with van der Waals surface area (Å²) in [5, 5.41) is 62.2. The number of aliphatic hydroxyl groups is 5. The minimum Gasteiger partial charge on any atom is -0.394 e. The molecule has 0 amide bonds. The first-order valence-electron chi connectivity index (χ1n) is 12.6. The molecule has 0 radical (unpaired) electrons. The van der Waals surface area contributed by atoms with E-state index in [1.54, 1.807) is 6.08 Å². The fraction of sp³-hybridized carbons (Fsp3) is 0.652. The van der Waals surface area contributed by atoms with E-state index in [4.69, 9.17) is 25.2 Å². The highest BCUT2D eigenvalue weighted by Crippen LogP contribution is 2.35. The summed E-state index contributed by atoms with van der Waals surface area (Å²) in [4.78, 5) is 23.6. The number of aromatic amines is 1. The molecule has 4 heterocycles. The van der Waals surface area contributed by atoms with Gasteiger partial charge in [0, 0.05) is 19.2 Å². The Bertz CT molecular complexity index is 1280. The predicted molar refractivity (Wildman–Crippen MR) is 131 cm³/mol. The van der Waals surface area contributed by atoms with Crippen LogP contribution in [0.15, 0.2) is 23.1 Å². The number of aromatic nitrogens is 3. The summed E-state index contributed by atoms with van der Waals surface area (Å²) < 4.78 is 33.0. The van der Waals surface area contributed by atoms with Crippen molar-refractivity contribution in [1.82, 2.24) is 19.9 Å². The van der Waals surface area contributed by atoms with Gasteiger partial charge in [0.1, 0.15) is 36.6 Å². The van der Waals surface area contributed by atoms with E-state index in [1.165, 1.54) is 16.8 Å². The number of nitrogens with zero attached hydrogens (tertiary/aromatic N) is 2. The van der Waals surface area contributed by atoms with Gasteiger partial charge in [-0.2, -0.15) is 4.98 Å². The van der Waals surface area contributed by atoms with Gasteiger partial charge in [0.15, 0.2) is 24.3 Å². The molecule has 11 atom stereocenters. The molecule has 10 N–H and O–H groups in total. The van der Waals surface area contributed by atoms with Crippen LogP contribution in [0.2, 0.25) is 0 Å². The third-order valence-electron chi connectivity index (χ3n) is 7.37. The number of aliphatic hydroxyl groups excluding tert-OH is 5. The van der Waals surface area contributed by atoms with Crippen LogP contribution in [0, 0.1) is 0 Å². The molecule has 2 aliphatic heterocycles. The predicted octanol–water partition coefficient (Wildman–Crippen LogP) is -3.00. The fourth-order valence-electron chi connectivity index (χ4n) is 5.29. The molecule has 2 saturated heterocycles. The van der Waals surface area contributed by atoms with E-state index >= 15 is 0 Å². The van der Waals surface area contributed by atoms with Gasteiger partial charge in [-0.1, -0.05) is 12.2 Å². The number of nitrogens with two attached hydrogens (primary N) is 1. The molecule has 3 aliphatic rings. The standard InChI is InChI=1S/C23H32FN5O11/c24-15-16(33)13(7-31)38-21(15)29-5-8(14-19(29)27-23(25)28-20(14)35)4-26-10-1-2-11(32)18(10)39-22-17(34)12(40-36)3-9(6-30)37-22/h1-2,5,9-13,15-18,21-22,26,30-34,36H,3-4,6-7H2,(H3,25,27,28,35)/t9?,10?,11?,12?,13-,15+,16?,17?,18?,21-,22?/m1/s1. The van der Waals surface area contributed by atoms with Crippen molar-refractivity contribution in [2.75, 3.05) is 18.9 Å².